The Kier molecular flexibility index (Phi) is 3.92. The van der Waals surface area contributed by atoms with Gasteiger partial charge in [0.1, 0.15) is 10.4 Å². The first-order valence-electron chi connectivity index (χ1n) is 6.44. The Balaban J connectivity index is 2.28. The predicted molar refractivity (Wildman–Crippen MR) is 69.7 cm³/mol. The van der Waals surface area contributed by atoms with E-state index in [1.165, 1.54) is 6.20 Å². The minimum absolute atomic E-state index is 0.117. The number of nitrogens with zero attached hydrogens (tertiary/aromatic N) is 2. The van der Waals surface area contributed by atoms with Crippen molar-refractivity contribution in [3.63, 3.8) is 0 Å². The van der Waals surface area contributed by atoms with Crippen molar-refractivity contribution in [3.05, 3.63) is 11.9 Å². The molecule has 6 nitrogen and oxygen atoms in total. The molecule has 0 spiro atoms. The Morgan fingerprint density at radius 2 is 2.00 bits per heavy atom. The van der Waals surface area contributed by atoms with Gasteiger partial charge in [-0.3, -0.25) is 5.10 Å². The van der Waals surface area contributed by atoms with E-state index in [9.17, 15) is 13.7 Å². The number of rotatable bonds is 3. The van der Waals surface area contributed by atoms with Crippen LogP contribution in [0.25, 0.3) is 0 Å². The van der Waals surface area contributed by atoms with E-state index in [1.54, 1.807) is 6.92 Å². The summed E-state index contributed by atoms with van der Waals surface area (Å²) in [4.78, 5) is 0.117. The van der Waals surface area contributed by atoms with Gasteiger partial charge in [0, 0.05) is 0 Å². The molecule has 1 fully saturated rings. The number of aromatic amines is 1. The van der Waals surface area contributed by atoms with Crippen molar-refractivity contribution in [2.24, 2.45) is 0 Å². The molecular formula is C12H18N4O2S. The summed E-state index contributed by atoms with van der Waals surface area (Å²) in [6, 6.07) is 2.17. The van der Waals surface area contributed by atoms with Gasteiger partial charge in [-0.05, 0) is 19.8 Å². The largest absolute Gasteiger partial charge is 0.281 e. The van der Waals surface area contributed by atoms with E-state index in [1.807, 2.05) is 0 Å². The highest BCUT2D eigenvalue weighted by molar-refractivity contribution is 7.89. The zero-order chi connectivity index (χ0) is 13.9. The summed E-state index contributed by atoms with van der Waals surface area (Å²) in [5, 5.41) is 15.7. The lowest BCUT2D eigenvalue weighted by atomic mass is 9.94. The van der Waals surface area contributed by atoms with Gasteiger partial charge in [0.25, 0.3) is 0 Å². The maximum atomic E-state index is 12.3. The lowest BCUT2D eigenvalue weighted by Gasteiger charge is -2.25. The van der Waals surface area contributed by atoms with E-state index >= 15 is 0 Å². The van der Waals surface area contributed by atoms with E-state index in [0.717, 1.165) is 25.7 Å². The monoisotopic (exact) mass is 282 g/mol. The molecule has 0 bridgehead atoms. The van der Waals surface area contributed by atoms with E-state index in [-0.39, 0.29) is 4.90 Å². The summed E-state index contributed by atoms with van der Waals surface area (Å²) in [5.41, 5.74) is -0.492. The first kappa shape index (κ1) is 14.0. The number of nitriles is 1. The molecule has 1 saturated carbocycles. The minimum Gasteiger partial charge on any atom is -0.281 e. The molecule has 0 aliphatic heterocycles. The van der Waals surface area contributed by atoms with Crippen LogP contribution in [0, 0.1) is 18.3 Å². The summed E-state index contributed by atoms with van der Waals surface area (Å²) in [6.07, 6.45) is 6.27. The summed E-state index contributed by atoms with van der Waals surface area (Å²) in [5.74, 6) is 0. The standard InChI is InChI=1S/C12H18N4O2S/c1-10-11(8-14-15-10)19(17,18)16-12(9-13)6-4-2-3-5-7-12/h8,16H,2-7H2,1H3,(H,14,15). The number of aromatic nitrogens is 2. The van der Waals surface area contributed by atoms with Crippen LogP contribution < -0.4 is 4.72 Å². The smallest absolute Gasteiger partial charge is 0.245 e. The number of H-pyrrole nitrogens is 1. The van der Waals surface area contributed by atoms with Crippen LogP contribution >= 0.6 is 0 Å². The maximum absolute atomic E-state index is 12.3. The fourth-order valence-corrected chi connectivity index (χ4v) is 4.01. The molecule has 0 aromatic carbocycles. The molecule has 7 heteroatoms. The van der Waals surface area contributed by atoms with Crippen molar-refractivity contribution in [3.8, 4) is 6.07 Å². The highest BCUT2D eigenvalue weighted by Crippen LogP contribution is 2.28. The predicted octanol–water partition coefficient (Wildman–Crippen LogP) is 1.61. The van der Waals surface area contributed by atoms with Crippen molar-refractivity contribution in [1.29, 1.82) is 5.26 Å². The third kappa shape index (κ3) is 2.96. The molecule has 2 N–H and O–H groups in total. The van der Waals surface area contributed by atoms with Gasteiger partial charge in [-0.15, -0.1) is 0 Å². The fraction of sp³-hybridized carbons (Fsp3) is 0.667. The average Bonchev–Trinajstić information content (AvgIpc) is 2.67. The molecule has 1 aromatic rings. The van der Waals surface area contributed by atoms with Gasteiger partial charge < -0.3 is 0 Å². The first-order valence-corrected chi connectivity index (χ1v) is 7.93. The van der Waals surface area contributed by atoms with Crippen LogP contribution in [0.1, 0.15) is 44.2 Å². The molecule has 1 heterocycles. The Hall–Kier alpha value is -1.39. The Morgan fingerprint density at radius 3 is 2.47 bits per heavy atom. The van der Waals surface area contributed by atoms with E-state index in [4.69, 9.17) is 0 Å². The van der Waals surface area contributed by atoms with Crippen LogP contribution in [-0.4, -0.2) is 24.2 Å². The second kappa shape index (κ2) is 5.31. The molecule has 1 aliphatic rings. The molecule has 2 rings (SSSR count). The van der Waals surface area contributed by atoms with Gasteiger partial charge in [-0.1, -0.05) is 25.7 Å². The number of nitrogens with one attached hydrogen (secondary N) is 2. The van der Waals surface area contributed by atoms with Crippen LogP contribution in [0.2, 0.25) is 0 Å². The zero-order valence-corrected chi connectivity index (χ0v) is 11.8. The van der Waals surface area contributed by atoms with Crippen LogP contribution in [-0.2, 0) is 10.0 Å². The topological polar surface area (TPSA) is 98.6 Å². The summed E-state index contributed by atoms with van der Waals surface area (Å²) >= 11 is 0. The average molecular weight is 282 g/mol. The van der Waals surface area contributed by atoms with E-state index in [2.05, 4.69) is 21.0 Å². The second-order valence-electron chi connectivity index (χ2n) is 5.07. The molecule has 0 saturated heterocycles. The Morgan fingerprint density at radius 1 is 1.37 bits per heavy atom. The van der Waals surface area contributed by atoms with Gasteiger partial charge in [0.15, 0.2) is 0 Å². The van der Waals surface area contributed by atoms with Crippen molar-refractivity contribution in [2.45, 2.75) is 55.9 Å². The molecule has 1 aliphatic carbocycles. The van der Waals surface area contributed by atoms with Crippen molar-refractivity contribution < 1.29 is 8.42 Å². The molecule has 104 valence electrons. The highest BCUT2D eigenvalue weighted by atomic mass is 32.2. The number of hydrogen-bond acceptors (Lipinski definition) is 4. The first-order chi connectivity index (χ1) is 8.99. The normalized spacial score (nSPS) is 19.6. The van der Waals surface area contributed by atoms with Gasteiger partial charge in [0.05, 0.1) is 18.0 Å². The van der Waals surface area contributed by atoms with E-state index in [0.29, 0.717) is 18.5 Å². The molecule has 19 heavy (non-hydrogen) atoms. The summed E-state index contributed by atoms with van der Waals surface area (Å²) < 4.78 is 27.3. The van der Waals surface area contributed by atoms with Crippen molar-refractivity contribution >= 4 is 10.0 Å². The summed E-state index contributed by atoms with van der Waals surface area (Å²) in [7, 11) is -3.70. The molecule has 0 amide bonds. The number of sulfonamides is 1. The van der Waals surface area contributed by atoms with Crippen molar-refractivity contribution in [2.75, 3.05) is 0 Å². The number of hydrogen-bond donors (Lipinski definition) is 2. The van der Waals surface area contributed by atoms with Crippen LogP contribution in [0.5, 0.6) is 0 Å². The van der Waals surface area contributed by atoms with Crippen LogP contribution in [0.3, 0.4) is 0 Å². The fourth-order valence-electron chi connectivity index (χ4n) is 2.49. The van der Waals surface area contributed by atoms with E-state index < -0.39 is 15.6 Å². The summed E-state index contributed by atoms with van der Waals surface area (Å²) in [6.45, 7) is 1.65. The van der Waals surface area contributed by atoms with Gasteiger partial charge in [-0.2, -0.15) is 15.1 Å². The van der Waals surface area contributed by atoms with Crippen molar-refractivity contribution in [1.82, 2.24) is 14.9 Å². The third-order valence-corrected chi connectivity index (χ3v) is 5.22. The van der Waals surface area contributed by atoms with Crippen LogP contribution in [0.4, 0.5) is 0 Å². The maximum Gasteiger partial charge on any atom is 0.245 e. The number of aryl methyl sites for hydroxylation is 1. The molecule has 0 radical (unpaired) electrons. The zero-order valence-electron chi connectivity index (χ0n) is 10.9. The molecule has 1 aromatic heterocycles. The third-order valence-electron chi connectivity index (χ3n) is 3.57. The molecular weight excluding hydrogens is 264 g/mol. The lowest BCUT2D eigenvalue weighted by Crippen LogP contribution is -2.46. The van der Waals surface area contributed by atoms with Crippen LogP contribution in [0.15, 0.2) is 11.1 Å². The second-order valence-corrected chi connectivity index (χ2v) is 6.72. The Bertz CT molecular complexity index is 577. The van der Waals surface area contributed by atoms with Gasteiger partial charge >= 0.3 is 0 Å². The quantitative estimate of drug-likeness (QED) is 0.823. The van der Waals surface area contributed by atoms with Gasteiger partial charge in [-0.25, -0.2) is 8.42 Å². The van der Waals surface area contributed by atoms with Gasteiger partial charge in [0.2, 0.25) is 10.0 Å². The Labute approximate surface area is 113 Å². The molecule has 0 atom stereocenters. The molecule has 0 unspecified atom stereocenters. The minimum atomic E-state index is -3.70. The lowest BCUT2D eigenvalue weighted by molar-refractivity contribution is 0.422. The highest BCUT2D eigenvalue weighted by Gasteiger charge is 2.36. The SMILES string of the molecule is Cc1[nH]ncc1S(=O)(=O)NC1(C#N)CCCCCC1.